The summed E-state index contributed by atoms with van der Waals surface area (Å²) in [6.07, 6.45) is -1.20. The molecular formula is C32H45F3N5O4S+. The number of halogens is 3. The number of carbonyl (C=O) groups excluding carboxylic acids is 2. The van der Waals surface area contributed by atoms with Gasteiger partial charge in [0.1, 0.15) is 12.6 Å². The monoisotopic (exact) mass is 652 g/mol. The summed E-state index contributed by atoms with van der Waals surface area (Å²) < 4.78 is 43.8. The lowest BCUT2D eigenvalue weighted by Crippen LogP contribution is -3.14. The third kappa shape index (κ3) is 8.04. The Hall–Kier alpha value is -2.61. The van der Waals surface area contributed by atoms with Crippen LogP contribution < -0.4 is 4.90 Å². The molecule has 4 heterocycles. The molecular weight excluding hydrogens is 607 g/mol. The van der Waals surface area contributed by atoms with Crippen LogP contribution in [0.2, 0.25) is 0 Å². The second-order valence-electron chi connectivity index (χ2n) is 13.3. The lowest BCUT2D eigenvalue weighted by molar-refractivity contribution is -0.909. The predicted molar refractivity (Wildman–Crippen MR) is 165 cm³/mol. The van der Waals surface area contributed by atoms with Gasteiger partial charge in [-0.15, -0.1) is 11.8 Å². The van der Waals surface area contributed by atoms with Crippen molar-refractivity contribution >= 4 is 23.6 Å². The number of carbonyl (C=O) groups is 2. The number of aliphatic hydroxyl groups is 2. The Morgan fingerprint density at radius 2 is 1.80 bits per heavy atom. The van der Waals surface area contributed by atoms with Crippen molar-refractivity contribution in [3.05, 3.63) is 35.0 Å². The molecule has 2 fully saturated rings. The number of quaternary nitrogens is 1. The molecule has 9 nitrogen and oxygen atoms in total. The number of thioether (sulfide) groups is 1. The molecule has 3 aliphatic heterocycles. The van der Waals surface area contributed by atoms with E-state index in [0.717, 1.165) is 67.9 Å². The minimum atomic E-state index is -4.59. The number of rotatable bonds is 9. The maximum absolute atomic E-state index is 14.0. The van der Waals surface area contributed by atoms with Crippen molar-refractivity contribution in [2.75, 3.05) is 45.0 Å². The quantitative estimate of drug-likeness (QED) is 0.360. The molecule has 3 N–H and O–H groups in total. The zero-order valence-corrected chi connectivity index (χ0v) is 27.1. The van der Waals surface area contributed by atoms with Gasteiger partial charge in [0.25, 0.3) is 0 Å². The van der Waals surface area contributed by atoms with Gasteiger partial charge in [-0.25, -0.2) is 0 Å². The number of nitrogens with zero attached hydrogens (tertiary/aromatic N) is 4. The highest BCUT2D eigenvalue weighted by Crippen LogP contribution is 2.40. The van der Waals surface area contributed by atoms with Crippen molar-refractivity contribution < 1.29 is 37.9 Å². The number of hydrogen-bond donors (Lipinski definition) is 3. The van der Waals surface area contributed by atoms with E-state index in [1.165, 1.54) is 24.0 Å². The molecule has 0 radical (unpaired) electrons. The number of piperidine rings is 1. The van der Waals surface area contributed by atoms with Crippen molar-refractivity contribution in [1.29, 1.82) is 0 Å². The molecule has 0 saturated carbocycles. The topological polar surface area (TPSA) is 103 Å². The van der Waals surface area contributed by atoms with Gasteiger partial charge in [-0.2, -0.15) is 18.3 Å². The van der Waals surface area contributed by atoms with Crippen LogP contribution in [0.25, 0.3) is 11.3 Å². The van der Waals surface area contributed by atoms with Gasteiger partial charge >= 0.3 is 6.18 Å². The highest BCUT2D eigenvalue weighted by Gasteiger charge is 2.36. The number of hydrogen-bond acceptors (Lipinski definition) is 6. The third-order valence-electron chi connectivity index (χ3n) is 9.55. The summed E-state index contributed by atoms with van der Waals surface area (Å²) >= 11 is 0.890. The molecule has 1 aromatic carbocycles. The fourth-order valence-electron chi connectivity index (χ4n) is 6.90. The first-order valence-electron chi connectivity index (χ1n) is 15.9. The molecule has 2 saturated heterocycles. The van der Waals surface area contributed by atoms with Crippen LogP contribution in [0.15, 0.2) is 23.1 Å². The van der Waals surface area contributed by atoms with Crippen LogP contribution in [0.3, 0.4) is 0 Å². The van der Waals surface area contributed by atoms with Crippen LogP contribution in [0, 0.1) is 5.92 Å². The average molecular weight is 653 g/mol. The van der Waals surface area contributed by atoms with Gasteiger partial charge in [-0.3, -0.25) is 14.3 Å². The van der Waals surface area contributed by atoms with E-state index in [1.807, 2.05) is 13.8 Å². The van der Waals surface area contributed by atoms with Crippen LogP contribution >= 0.6 is 11.8 Å². The second-order valence-corrected chi connectivity index (χ2v) is 14.3. The number of aliphatic hydroxyl groups excluding tert-OH is 1. The standard InChI is InChI=1S/C32H44F3N5O4S/c1-21(41)39-15-10-27-25(19-39)30(36-40(27)18-24(42)17-37-13-8-23(9-14-37)31(2,3)44)22-6-7-26(32(33,34)35)28(16-22)45-20-29(43)38-11-4-5-12-38/h6-7,16,23-24,42,44H,4-5,8-15,17-20H2,1-3H3/p+1/t24-/m1/s1. The van der Waals surface area contributed by atoms with Gasteiger partial charge in [-0.05, 0) is 44.7 Å². The Kier molecular flexibility index (Phi) is 10.2. The Morgan fingerprint density at radius 1 is 1.11 bits per heavy atom. The van der Waals surface area contributed by atoms with Crippen molar-refractivity contribution in [1.82, 2.24) is 19.6 Å². The minimum absolute atomic E-state index is 0.0341. The van der Waals surface area contributed by atoms with E-state index in [2.05, 4.69) is 0 Å². The zero-order chi connectivity index (χ0) is 32.5. The molecule has 0 unspecified atom stereocenters. The fourth-order valence-corrected chi connectivity index (χ4v) is 7.91. The molecule has 2 aromatic rings. The zero-order valence-electron chi connectivity index (χ0n) is 26.3. The average Bonchev–Trinajstić information content (AvgIpc) is 3.64. The lowest BCUT2D eigenvalue weighted by atomic mass is 9.83. The van der Waals surface area contributed by atoms with Gasteiger partial charge < -0.3 is 24.9 Å². The number of alkyl halides is 3. The summed E-state index contributed by atoms with van der Waals surface area (Å²) in [7, 11) is 0. The molecule has 45 heavy (non-hydrogen) atoms. The van der Waals surface area contributed by atoms with E-state index in [0.29, 0.717) is 43.9 Å². The highest BCUT2D eigenvalue weighted by atomic mass is 32.2. The van der Waals surface area contributed by atoms with Gasteiger partial charge in [-0.1, -0.05) is 6.07 Å². The van der Waals surface area contributed by atoms with Crippen LogP contribution in [0.1, 0.15) is 63.3 Å². The molecule has 0 bridgehead atoms. The molecule has 3 aliphatic rings. The minimum Gasteiger partial charge on any atom is -0.390 e. The fraction of sp³-hybridized carbons (Fsp3) is 0.656. The first-order valence-corrected chi connectivity index (χ1v) is 16.9. The molecule has 5 rings (SSSR count). The van der Waals surface area contributed by atoms with E-state index < -0.39 is 23.4 Å². The van der Waals surface area contributed by atoms with E-state index in [4.69, 9.17) is 5.10 Å². The van der Waals surface area contributed by atoms with Crippen molar-refractivity contribution in [3.63, 3.8) is 0 Å². The number of benzene rings is 1. The first kappa shape index (κ1) is 33.7. The largest absolute Gasteiger partial charge is 0.417 e. The van der Waals surface area contributed by atoms with Crippen molar-refractivity contribution in [3.8, 4) is 11.3 Å². The number of likely N-dealkylation sites (tertiary alicyclic amines) is 2. The van der Waals surface area contributed by atoms with Gasteiger partial charge in [0, 0.05) is 74.1 Å². The van der Waals surface area contributed by atoms with Crippen LogP contribution in [0.5, 0.6) is 0 Å². The van der Waals surface area contributed by atoms with Gasteiger partial charge in [0.15, 0.2) is 0 Å². The summed E-state index contributed by atoms with van der Waals surface area (Å²) in [4.78, 5) is 29.6. The number of amides is 2. The Morgan fingerprint density at radius 3 is 2.42 bits per heavy atom. The summed E-state index contributed by atoms with van der Waals surface area (Å²) in [5.74, 6) is -0.121. The van der Waals surface area contributed by atoms with E-state index in [9.17, 15) is 33.0 Å². The first-order chi connectivity index (χ1) is 21.2. The maximum Gasteiger partial charge on any atom is 0.417 e. The SMILES string of the molecule is CC(=O)N1CCc2c(c(-c3ccc(C(F)(F)F)c(SCC(=O)N4CCCC4)c3)nn2C[C@H](O)C[NH+]2CCC(C(C)(C)O)CC2)C1. The molecule has 1 atom stereocenters. The molecule has 248 valence electrons. The molecule has 2 amide bonds. The van der Waals surface area contributed by atoms with Gasteiger partial charge in [0.2, 0.25) is 11.8 Å². The summed E-state index contributed by atoms with van der Waals surface area (Å²) in [5, 5.41) is 26.3. The summed E-state index contributed by atoms with van der Waals surface area (Å²) in [6, 6.07) is 3.91. The normalized spacial score (nSPS) is 21.6. The second kappa shape index (κ2) is 13.6. The molecule has 1 aromatic heterocycles. The van der Waals surface area contributed by atoms with Crippen molar-refractivity contribution in [2.24, 2.45) is 5.92 Å². The predicted octanol–water partition coefficient (Wildman–Crippen LogP) is 2.61. The Labute approximate surface area is 266 Å². The van der Waals surface area contributed by atoms with Crippen LogP contribution in [-0.4, -0.2) is 98.3 Å². The summed E-state index contributed by atoms with van der Waals surface area (Å²) in [6.45, 7) is 9.68. The van der Waals surface area contributed by atoms with E-state index in [1.54, 1.807) is 14.5 Å². The summed E-state index contributed by atoms with van der Waals surface area (Å²) in [5.41, 5.74) is 1.09. The third-order valence-corrected chi connectivity index (χ3v) is 10.6. The van der Waals surface area contributed by atoms with E-state index in [-0.39, 0.29) is 41.5 Å². The smallest absolute Gasteiger partial charge is 0.390 e. The molecule has 0 aliphatic carbocycles. The molecule has 13 heteroatoms. The number of aromatic nitrogens is 2. The van der Waals surface area contributed by atoms with Gasteiger partial charge in [0.05, 0.1) is 42.2 Å². The number of fused-ring (bicyclic) bond motifs is 1. The van der Waals surface area contributed by atoms with Crippen LogP contribution in [-0.2, 0) is 35.3 Å². The lowest BCUT2D eigenvalue weighted by Gasteiger charge is -2.36. The highest BCUT2D eigenvalue weighted by molar-refractivity contribution is 8.00. The Balaban J connectivity index is 1.39. The number of nitrogens with one attached hydrogen (secondary N) is 1. The van der Waals surface area contributed by atoms with Crippen LogP contribution in [0.4, 0.5) is 13.2 Å². The molecule has 0 spiro atoms. The Bertz CT molecular complexity index is 1380. The maximum atomic E-state index is 14.0. The van der Waals surface area contributed by atoms with Crippen molar-refractivity contribution in [2.45, 2.75) is 88.7 Å². The van der Waals surface area contributed by atoms with E-state index >= 15 is 0 Å².